The highest BCUT2D eigenvalue weighted by atomic mass is 16.3. The van der Waals surface area contributed by atoms with Gasteiger partial charge in [-0.2, -0.15) is 0 Å². The molecule has 1 fully saturated rings. The molecule has 0 spiro atoms. The lowest BCUT2D eigenvalue weighted by atomic mass is 10.2. The zero-order valence-corrected chi connectivity index (χ0v) is 4.52. The summed E-state index contributed by atoms with van der Waals surface area (Å²) in [6, 6.07) is 0.319. The highest BCUT2D eigenvalue weighted by Crippen LogP contribution is 2.03. The van der Waals surface area contributed by atoms with E-state index in [0.717, 1.165) is 13.0 Å². The predicted molar refractivity (Wildman–Crippen MR) is 28.1 cm³/mol. The average molecular weight is 101 g/mol. The molecule has 0 unspecified atom stereocenters. The normalized spacial score (nSPS) is 42.0. The van der Waals surface area contributed by atoms with E-state index in [9.17, 15) is 0 Å². The lowest BCUT2D eigenvalue weighted by Crippen LogP contribution is -2.25. The minimum Gasteiger partial charge on any atom is -0.391 e. The quantitative estimate of drug-likeness (QED) is 0.440. The van der Waals surface area contributed by atoms with Gasteiger partial charge in [0.15, 0.2) is 0 Å². The van der Waals surface area contributed by atoms with Crippen LogP contribution in [0, 0.1) is 0 Å². The second kappa shape index (κ2) is 1.80. The van der Waals surface area contributed by atoms with Crippen molar-refractivity contribution in [2.45, 2.75) is 25.5 Å². The minimum absolute atomic E-state index is 0.0972. The first-order chi connectivity index (χ1) is 3.30. The summed E-state index contributed by atoms with van der Waals surface area (Å²) in [7, 11) is 0. The van der Waals surface area contributed by atoms with E-state index in [0.29, 0.717) is 6.04 Å². The molecule has 0 saturated carbocycles. The van der Waals surface area contributed by atoms with Crippen LogP contribution in [0.3, 0.4) is 0 Å². The Balaban J connectivity index is 2.33. The maximum absolute atomic E-state index is 8.94. The SMILES string of the molecule is C[C@H]1NCC[C@@H]1O. The zero-order valence-electron chi connectivity index (χ0n) is 4.52. The summed E-state index contributed by atoms with van der Waals surface area (Å²) in [5.41, 5.74) is 0. The van der Waals surface area contributed by atoms with Gasteiger partial charge >= 0.3 is 0 Å². The molecular formula is C5H11NO. The largest absolute Gasteiger partial charge is 0.391 e. The molecule has 0 amide bonds. The molecule has 2 atom stereocenters. The van der Waals surface area contributed by atoms with Crippen LogP contribution in [0.15, 0.2) is 0 Å². The Bertz CT molecular complexity index is 57.1. The maximum Gasteiger partial charge on any atom is 0.0702 e. The van der Waals surface area contributed by atoms with Gasteiger partial charge in [0.05, 0.1) is 6.10 Å². The third-order valence-electron chi connectivity index (χ3n) is 1.48. The van der Waals surface area contributed by atoms with Crippen molar-refractivity contribution in [1.29, 1.82) is 0 Å². The van der Waals surface area contributed by atoms with Gasteiger partial charge in [-0.25, -0.2) is 0 Å². The molecule has 1 saturated heterocycles. The molecule has 7 heavy (non-hydrogen) atoms. The van der Waals surface area contributed by atoms with Crippen molar-refractivity contribution in [3.63, 3.8) is 0 Å². The van der Waals surface area contributed by atoms with Crippen molar-refractivity contribution in [2.75, 3.05) is 6.54 Å². The van der Waals surface area contributed by atoms with Crippen molar-refractivity contribution in [3.05, 3.63) is 0 Å². The van der Waals surface area contributed by atoms with E-state index >= 15 is 0 Å². The molecule has 0 aromatic heterocycles. The third kappa shape index (κ3) is 0.924. The third-order valence-corrected chi connectivity index (χ3v) is 1.48. The van der Waals surface area contributed by atoms with Gasteiger partial charge in [0, 0.05) is 6.04 Å². The van der Waals surface area contributed by atoms with Crippen LogP contribution in [0.2, 0.25) is 0 Å². The molecule has 0 aromatic carbocycles. The van der Waals surface area contributed by atoms with E-state index < -0.39 is 0 Å². The van der Waals surface area contributed by atoms with Crippen LogP contribution in [0.25, 0.3) is 0 Å². The van der Waals surface area contributed by atoms with Gasteiger partial charge in [-0.1, -0.05) is 0 Å². The predicted octanol–water partition coefficient (Wildman–Crippen LogP) is -0.271. The summed E-state index contributed by atoms with van der Waals surface area (Å²) in [6.45, 7) is 2.97. The molecule has 0 radical (unpaired) electrons. The number of hydrogen-bond acceptors (Lipinski definition) is 2. The zero-order chi connectivity index (χ0) is 5.28. The van der Waals surface area contributed by atoms with Crippen LogP contribution >= 0.6 is 0 Å². The molecule has 2 nitrogen and oxygen atoms in total. The van der Waals surface area contributed by atoms with E-state index in [1.165, 1.54) is 0 Å². The Morgan fingerprint density at radius 2 is 2.43 bits per heavy atom. The molecule has 1 aliphatic heterocycles. The van der Waals surface area contributed by atoms with E-state index in [-0.39, 0.29) is 6.10 Å². The van der Waals surface area contributed by atoms with Crippen molar-refractivity contribution in [1.82, 2.24) is 5.32 Å². The van der Waals surface area contributed by atoms with Crippen LogP contribution in [0.1, 0.15) is 13.3 Å². The highest BCUT2D eigenvalue weighted by Gasteiger charge is 2.18. The molecule has 0 aliphatic carbocycles. The monoisotopic (exact) mass is 101 g/mol. The van der Waals surface area contributed by atoms with Crippen molar-refractivity contribution < 1.29 is 5.11 Å². The first-order valence-electron chi connectivity index (χ1n) is 2.72. The standard InChI is InChI=1S/C5H11NO/c1-4-5(7)2-3-6-4/h4-7H,2-3H2,1H3/t4-,5+/m1/s1. The van der Waals surface area contributed by atoms with Crippen LogP contribution < -0.4 is 5.32 Å². The number of nitrogens with one attached hydrogen (secondary N) is 1. The number of hydrogen-bond donors (Lipinski definition) is 2. The van der Waals surface area contributed by atoms with Crippen molar-refractivity contribution >= 4 is 0 Å². The van der Waals surface area contributed by atoms with Crippen molar-refractivity contribution in [2.24, 2.45) is 0 Å². The smallest absolute Gasteiger partial charge is 0.0702 e. The molecule has 0 bridgehead atoms. The lowest BCUT2D eigenvalue weighted by Gasteiger charge is -2.04. The Kier molecular flexibility index (Phi) is 1.30. The van der Waals surface area contributed by atoms with Gasteiger partial charge in [-0.15, -0.1) is 0 Å². The molecular weight excluding hydrogens is 90.1 g/mol. The van der Waals surface area contributed by atoms with Crippen molar-refractivity contribution in [3.8, 4) is 0 Å². The topological polar surface area (TPSA) is 32.3 Å². The summed E-state index contributed by atoms with van der Waals surface area (Å²) < 4.78 is 0. The summed E-state index contributed by atoms with van der Waals surface area (Å²) in [5, 5.41) is 12.1. The minimum atomic E-state index is -0.0972. The van der Waals surface area contributed by atoms with Crippen LogP contribution in [-0.2, 0) is 0 Å². The fourth-order valence-corrected chi connectivity index (χ4v) is 0.845. The summed E-state index contributed by atoms with van der Waals surface area (Å²) in [5.74, 6) is 0. The summed E-state index contributed by atoms with van der Waals surface area (Å²) >= 11 is 0. The Labute approximate surface area is 43.5 Å². The highest BCUT2D eigenvalue weighted by molar-refractivity contribution is 4.78. The van der Waals surface area contributed by atoms with Crippen LogP contribution in [-0.4, -0.2) is 23.8 Å². The van der Waals surface area contributed by atoms with Crippen LogP contribution in [0.5, 0.6) is 0 Å². The number of rotatable bonds is 0. The molecule has 1 heterocycles. The van der Waals surface area contributed by atoms with Gasteiger partial charge in [0.25, 0.3) is 0 Å². The molecule has 42 valence electrons. The van der Waals surface area contributed by atoms with E-state index in [1.54, 1.807) is 0 Å². The second-order valence-electron chi connectivity index (χ2n) is 2.10. The fourth-order valence-electron chi connectivity index (χ4n) is 0.845. The molecule has 1 aliphatic rings. The maximum atomic E-state index is 8.94. The van der Waals surface area contributed by atoms with Crippen LogP contribution in [0.4, 0.5) is 0 Å². The number of aliphatic hydroxyl groups is 1. The molecule has 2 heteroatoms. The Hall–Kier alpha value is -0.0800. The second-order valence-corrected chi connectivity index (χ2v) is 2.10. The Morgan fingerprint density at radius 3 is 2.57 bits per heavy atom. The fraction of sp³-hybridized carbons (Fsp3) is 1.00. The van der Waals surface area contributed by atoms with E-state index in [4.69, 9.17) is 5.11 Å². The summed E-state index contributed by atoms with van der Waals surface area (Å²) in [6.07, 6.45) is 0.821. The average Bonchev–Trinajstić information content (AvgIpc) is 1.91. The lowest BCUT2D eigenvalue weighted by molar-refractivity contribution is 0.166. The van der Waals surface area contributed by atoms with Gasteiger partial charge < -0.3 is 10.4 Å². The Morgan fingerprint density at radius 1 is 1.71 bits per heavy atom. The molecule has 1 rings (SSSR count). The first kappa shape index (κ1) is 5.06. The van der Waals surface area contributed by atoms with E-state index in [2.05, 4.69) is 5.32 Å². The van der Waals surface area contributed by atoms with Gasteiger partial charge in [0.1, 0.15) is 0 Å². The first-order valence-corrected chi connectivity index (χ1v) is 2.72. The van der Waals surface area contributed by atoms with Gasteiger partial charge in [-0.3, -0.25) is 0 Å². The van der Waals surface area contributed by atoms with E-state index in [1.807, 2.05) is 6.92 Å². The van der Waals surface area contributed by atoms with Gasteiger partial charge in [-0.05, 0) is 19.9 Å². The molecule has 2 N–H and O–H groups in total. The number of aliphatic hydroxyl groups excluding tert-OH is 1. The molecule has 0 aromatic rings. The summed E-state index contributed by atoms with van der Waals surface area (Å²) in [4.78, 5) is 0. The van der Waals surface area contributed by atoms with Gasteiger partial charge in [0.2, 0.25) is 0 Å².